The minimum Gasteiger partial charge on any atom is -0.273 e. The average Bonchev–Trinajstić information content (AvgIpc) is 2.52. The zero-order valence-electron chi connectivity index (χ0n) is 14.0. The van der Waals surface area contributed by atoms with E-state index in [1.165, 1.54) is 12.1 Å². The summed E-state index contributed by atoms with van der Waals surface area (Å²) in [4.78, 5) is 38.0. The maximum Gasteiger partial charge on any atom is 0.335 e. The molecule has 132 valence electrons. The fraction of sp³-hybridized carbons (Fsp3) is 0.105. The van der Waals surface area contributed by atoms with Crippen LogP contribution in [0.3, 0.4) is 0 Å². The molecule has 0 aliphatic carbocycles. The van der Waals surface area contributed by atoms with Crippen molar-refractivity contribution in [3.8, 4) is 0 Å². The lowest BCUT2D eigenvalue weighted by Crippen LogP contribution is -2.54. The number of halogens is 2. The van der Waals surface area contributed by atoms with Crippen LogP contribution in [0.25, 0.3) is 6.08 Å². The summed E-state index contributed by atoms with van der Waals surface area (Å²) in [5, 5.41) is 2.15. The van der Waals surface area contributed by atoms with Crippen molar-refractivity contribution in [2.45, 2.75) is 13.8 Å². The maximum atomic E-state index is 14.0. The molecular weight excluding hydrogens is 359 g/mol. The molecule has 0 aromatic heterocycles. The van der Waals surface area contributed by atoms with Crippen LogP contribution in [0, 0.1) is 19.7 Å². The largest absolute Gasteiger partial charge is 0.335 e. The first-order chi connectivity index (χ1) is 12.3. The van der Waals surface area contributed by atoms with E-state index in [9.17, 15) is 18.8 Å². The molecule has 7 heteroatoms. The Bertz CT molecular complexity index is 944. The van der Waals surface area contributed by atoms with E-state index in [0.717, 1.165) is 28.2 Å². The average molecular weight is 373 g/mol. The Morgan fingerprint density at radius 3 is 2.35 bits per heavy atom. The van der Waals surface area contributed by atoms with Crippen LogP contribution in [-0.2, 0) is 9.59 Å². The van der Waals surface area contributed by atoms with Gasteiger partial charge in [0.15, 0.2) is 0 Å². The van der Waals surface area contributed by atoms with Crippen molar-refractivity contribution in [3.05, 3.63) is 69.5 Å². The number of barbiturate groups is 1. The lowest BCUT2D eigenvalue weighted by Gasteiger charge is -2.27. The number of urea groups is 1. The monoisotopic (exact) mass is 372 g/mol. The summed E-state index contributed by atoms with van der Waals surface area (Å²) in [6.07, 6.45) is 1.05. The summed E-state index contributed by atoms with van der Waals surface area (Å²) >= 11 is 5.96. The quantitative estimate of drug-likeness (QED) is 0.644. The number of anilines is 1. The first-order valence-corrected chi connectivity index (χ1v) is 8.09. The van der Waals surface area contributed by atoms with Gasteiger partial charge in [0.1, 0.15) is 11.4 Å². The van der Waals surface area contributed by atoms with Crippen LogP contribution in [0.2, 0.25) is 5.02 Å². The van der Waals surface area contributed by atoms with Crippen molar-refractivity contribution in [1.29, 1.82) is 0 Å². The van der Waals surface area contributed by atoms with Gasteiger partial charge in [-0.1, -0.05) is 23.7 Å². The topological polar surface area (TPSA) is 66.5 Å². The molecule has 0 atom stereocenters. The number of nitrogens with zero attached hydrogens (tertiary/aromatic N) is 1. The van der Waals surface area contributed by atoms with Crippen LogP contribution in [-0.4, -0.2) is 17.8 Å². The Morgan fingerprint density at radius 2 is 1.73 bits per heavy atom. The molecule has 1 N–H and O–H groups in total. The lowest BCUT2D eigenvalue weighted by atomic mass is 10.1. The van der Waals surface area contributed by atoms with Crippen LogP contribution in [0.1, 0.15) is 16.7 Å². The second kappa shape index (κ2) is 6.72. The van der Waals surface area contributed by atoms with Crippen molar-refractivity contribution < 1.29 is 18.8 Å². The van der Waals surface area contributed by atoms with Crippen molar-refractivity contribution in [1.82, 2.24) is 5.32 Å². The maximum absolute atomic E-state index is 14.0. The molecule has 4 amide bonds. The molecule has 0 unspecified atom stereocenters. The zero-order chi connectivity index (χ0) is 19.0. The van der Waals surface area contributed by atoms with Crippen molar-refractivity contribution in [2.24, 2.45) is 0 Å². The van der Waals surface area contributed by atoms with Gasteiger partial charge in [0.25, 0.3) is 11.8 Å². The van der Waals surface area contributed by atoms with Gasteiger partial charge in [-0.2, -0.15) is 0 Å². The van der Waals surface area contributed by atoms with Gasteiger partial charge in [-0.25, -0.2) is 14.1 Å². The van der Waals surface area contributed by atoms with E-state index in [0.29, 0.717) is 5.69 Å². The number of rotatable bonds is 2. The fourth-order valence-electron chi connectivity index (χ4n) is 2.76. The molecule has 1 fully saturated rings. The molecular formula is C19H14ClFN2O3. The summed E-state index contributed by atoms with van der Waals surface area (Å²) in [6.45, 7) is 3.65. The third kappa shape index (κ3) is 3.23. The van der Waals surface area contributed by atoms with E-state index in [1.54, 1.807) is 12.1 Å². The van der Waals surface area contributed by atoms with Gasteiger partial charge in [-0.05, 0) is 55.3 Å². The molecule has 1 saturated heterocycles. The second-order valence-electron chi connectivity index (χ2n) is 5.94. The number of aryl methyl sites for hydroxylation is 2. The number of benzene rings is 2. The molecule has 26 heavy (non-hydrogen) atoms. The number of hydrogen-bond acceptors (Lipinski definition) is 3. The van der Waals surface area contributed by atoms with E-state index in [1.807, 2.05) is 19.9 Å². The summed E-state index contributed by atoms with van der Waals surface area (Å²) in [6, 6.07) is 8.33. The van der Waals surface area contributed by atoms with Gasteiger partial charge in [-0.3, -0.25) is 14.9 Å². The van der Waals surface area contributed by atoms with Gasteiger partial charge >= 0.3 is 6.03 Å². The van der Waals surface area contributed by atoms with Crippen molar-refractivity contribution >= 4 is 41.2 Å². The normalized spacial score (nSPS) is 16.2. The SMILES string of the molecule is Cc1cc(C)cc(N2C(=O)NC(=O)C(=Cc3c(F)cccc3Cl)C2=O)c1. The van der Waals surface area contributed by atoms with Crippen molar-refractivity contribution in [2.75, 3.05) is 4.90 Å². The molecule has 0 radical (unpaired) electrons. The molecule has 1 aliphatic heterocycles. The molecule has 1 aliphatic rings. The molecule has 5 nitrogen and oxygen atoms in total. The van der Waals surface area contributed by atoms with Gasteiger partial charge in [-0.15, -0.1) is 0 Å². The number of carbonyl (C=O) groups is 3. The van der Waals surface area contributed by atoms with Crippen molar-refractivity contribution in [3.63, 3.8) is 0 Å². The van der Waals surface area contributed by atoms with Crippen LogP contribution in [0.5, 0.6) is 0 Å². The van der Waals surface area contributed by atoms with Gasteiger partial charge < -0.3 is 0 Å². The highest BCUT2D eigenvalue weighted by Gasteiger charge is 2.37. The highest BCUT2D eigenvalue weighted by atomic mass is 35.5. The van der Waals surface area contributed by atoms with Crippen LogP contribution in [0.15, 0.2) is 42.0 Å². The highest BCUT2D eigenvalue weighted by Crippen LogP contribution is 2.26. The number of carbonyl (C=O) groups excluding carboxylic acids is 3. The number of hydrogen-bond donors (Lipinski definition) is 1. The lowest BCUT2D eigenvalue weighted by molar-refractivity contribution is -0.122. The molecule has 2 aromatic carbocycles. The Hall–Kier alpha value is -2.99. The van der Waals surface area contributed by atoms with E-state index in [4.69, 9.17) is 11.6 Å². The standard InChI is InChI=1S/C19H14ClFN2O3/c1-10-6-11(2)8-12(7-10)23-18(25)14(17(24)22-19(23)26)9-13-15(20)4-3-5-16(13)21/h3-9H,1-2H3,(H,22,24,26). The zero-order valence-corrected chi connectivity index (χ0v) is 14.7. The summed E-state index contributed by atoms with van der Waals surface area (Å²) in [7, 11) is 0. The minimum absolute atomic E-state index is 0.0490. The smallest absolute Gasteiger partial charge is 0.273 e. The molecule has 0 spiro atoms. The predicted octanol–water partition coefficient (Wildman–Crippen LogP) is 3.76. The molecule has 0 bridgehead atoms. The molecule has 1 heterocycles. The fourth-order valence-corrected chi connectivity index (χ4v) is 2.98. The van der Waals surface area contributed by atoms with Crippen LogP contribution in [0.4, 0.5) is 14.9 Å². The summed E-state index contributed by atoms with van der Waals surface area (Å²) in [5.41, 5.74) is 1.54. The highest BCUT2D eigenvalue weighted by molar-refractivity contribution is 6.39. The van der Waals surface area contributed by atoms with E-state index >= 15 is 0 Å². The molecule has 3 rings (SSSR count). The summed E-state index contributed by atoms with van der Waals surface area (Å²) < 4.78 is 14.0. The number of imide groups is 2. The van der Waals surface area contributed by atoms with Gasteiger partial charge in [0, 0.05) is 5.56 Å². The first kappa shape index (κ1) is 17.8. The molecule has 0 saturated carbocycles. The Morgan fingerprint density at radius 1 is 1.08 bits per heavy atom. The third-order valence-corrected chi connectivity index (χ3v) is 4.18. The number of amides is 4. The Balaban J connectivity index is 2.10. The van der Waals surface area contributed by atoms with Gasteiger partial charge in [0.05, 0.1) is 10.7 Å². The molecule has 2 aromatic rings. The van der Waals surface area contributed by atoms with E-state index in [2.05, 4.69) is 5.32 Å². The first-order valence-electron chi connectivity index (χ1n) is 7.71. The third-order valence-electron chi connectivity index (χ3n) is 3.85. The number of nitrogens with one attached hydrogen (secondary N) is 1. The van der Waals surface area contributed by atoms with Gasteiger partial charge in [0.2, 0.25) is 0 Å². The van der Waals surface area contributed by atoms with E-state index < -0.39 is 23.7 Å². The van der Waals surface area contributed by atoms with Crippen LogP contribution < -0.4 is 10.2 Å². The Kier molecular flexibility index (Phi) is 4.61. The predicted molar refractivity (Wildman–Crippen MR) is 96.3 cm³/mol. The Labute approximate surface area is 154 Å². The van der Waals surface area contributed by atoms with Crippen LogP contribution >= 0.6 is 11.6 Å². The second-order valence-corrected chi connectivity index (χ2v) is 6.35. The minimum atomic E-state index is -0.903. The van der Waals surface area contributed by atoms with E-state index in [-0.39, 0.29) is 16.2 Å². The summed E-state index contributed by atoms with van der Waals surface area (Å²) in [5.74, 6) is -2.43.